The van der Waals surface area contributed by atoms with Gasteiger partial charge in [0, 0.05) is 5.71 Å². The van der Waals surface area contributed by atoms with Crippen molar-refractivity contribution in [2.75, 3.05) is 6.61 Å². The van der Waals surface area contributed by atoms with Gasteiger partial charge in [-0.3, -0.25) is 4.79 Å². The number of carbonyl (C=O) groups is 1. The summed E-state index contributed by atoms with van der Waals surface area (Å²) in [4.78, 5) is 12.2. The van der Waals surface area contributed by atoms with Crippen LogP contribution in [0.2, 0.25) is 0 Å². The number of carbonyl (C=O) groups excluding carboxylic acids is 1. The predicted molar refractivity (Wildman–Crippen MR) is 116 cm³/mol. The number of hydrogen-bond acceptors (Lipinski definition) is 3. The average Bonchev–Trinajstić information content (AvgIpc) is 2.71. The molecule has 150 valence electrons. The Morgan fingerprint density at radius 1 is 0.821 bits per heavy atom. The quantitative estimate of drug-likeness (QED) is 0.662. The maximum absolute atomic E-state index is 12.2. The van der Waals surface area contributed by atoms with Crippen LogP contribution in [-0.2, 0) is 4.79 Å². The maximum atomic E-state index is 12.2. The highest BCUT2D eigenvalue weighted by molar-refractivity contribution is 5.87. The fourth-order valence-corrected chi connectivity index (χ4v) is 3.71. The second-order valence-corrected chi connectivity index (χ2v) is 7.69. The molecule has 4 nitrogen and oxygen atoms in total. The molecule has 0 unspecified atom stereocenters. The summed E-state index contributed by atoms with van der Waals surface area (Å²) < 4.78 is 5.65. The highest BCUT2D eigenvalue weighted by Crippen LogP contribution is 2.20. The number of rotatable bonds is 4. The summed E-state index contributed by atoms with van der Waals surface area (Å²) >= 11 is 0. The monoisotopic (exact) mass is 380 g/mol. The van der Waals surface area contributed by atoms with E-state index in [4.69, 9.17) is 4.74 Å². The van der Waals surface area contributed by atoms with Gasteiger partial charge in [0.2, 0.25) is 0 Å². The molecule has 0 atom stereocenters. The zero-order valence-electron chi connectivity index (χ0n) is 16.8. The van der Waals surface area contributed by atoms with E-state index in [0.29, 0.717) is 5.75 Å². The molecule has 0 bridgehead atoms. The lowest BCUT2D eigenvalue weighted by Crippen LogP contribution is -2.26. The Bertz CT molecular complexity index is 771. The SMILES string of the molecule is O=C(COc1ccc2ccccc2c1)NN=C1CCCCCCCCCCC1. The van der Waals surface area contributed by atoms with E-state index in [1.165, 1.54) is 57.8 Å². The summed E-state index contributed by atoms with van der Waals surface area (Å²) in [7, 11) is 0. The fourth-order valence-electron chi connectivity index (χ4n) is 3.71. The molecule has 0 saturated heterocycles. The molecule has 1 fully saturated rings. The van der Waals surface area contributed by atoms with Crippen LogP contribution in [0.1, 0.15) is 70.6 Å². The summed E-state index contributed by atoms with van der Waals surface area (Å²) in [5, 5.41) is 6.68. The van der Waals surface area contributed by atoms with Crippen molar-refractivity contribution in [2.24, 2.45) is 5.10 Å². The van der Waals surface area contributed by atoms with Crippen LogP contribution in [0.3, 0.4) is 0 Å². The average molecular weight is 381 g/mol. The van der Waals surface area contributed by atoms with Crippen molar-refractivity contribution >= 4 is 22.4 Å². The third kappa shape index (κ3) is 6.99. The third-order valence-corrected chi connectivity index (χ3v) is 5.36. The molecule has 4 heteroatoms. The first-order chi connectivity index (χ1) is 13.8. The molecule has 2 aromatic rings. The van der Waals surface area contributed by atoms with Crippen LogP contribution in [0, 0.1) is 0 Å². The lowest BCUT2D eigenvalue weighted by atomic mass is 10.00. The highest BCUT2D eigenvalue weighted by Gasteiger charge is 2.06. The minimum Gasteiger partial charge on any atom is -0.484 e. The van der Waals surface area contributed by atoms with Crippen LogP contribution in [0.4, 0.5) is 0 Å². The maximum Gasteiger partial charge on any atom is 0.277 e. The van der Waals surface area contributed by atoms with Gasteiger partial charge in [0.05, 0.1) is 0 Å². The number of nitrogens with one attached hydrogen (secondary N) is 1. The topological polar surface area (TPSA) is 50.7 Å². The van der Waals surface area contributed by atoms with Crippen molar-refractivity contribution in [3.63, 3.8) is 0 Å². The molecule has 1 aliphatic carbocycles. The van der Waals surface area contributed by atoms with Crippen LogP contribution < -0.4 is 10.2 Å². The molecule has 1 saturated carbocycles. The van der Waals surface area contributed by atoms with E-state index in [1.807, 2.05) is 36.4 Å². The normalized spacial score (nSPS) is 16.6. The second kappa shape index (κ2) is 11.5. The summed E-state index contributed by atoms with van der Waals surface area (Å²) in [5.74, 6) is 0.499. The molecule has 3 rings (SSSR count). The summed E-state index contributed by atoms with van der Waals surface area (Å²) in [6.45, 7) is -0.0187. The molecule has 1 amide bonds. The molecule has 0 aliphatic heterocycles. The minimum atomic E-state index is -0.202. The first-order valence-corrected chi connectivity index (χ1v) is 10.8. The number of nitrogens with zero attached hydrogens (tertiary/aromatic N) is 1. The molecule has 2 aromatic carbocycles. The molecule has 1 aliphatic rings. The van der Waals surface area contributed by atoms with E-state index in [9.17, 15) is 4.79 Å². The van der Waals surface area contributed by atoms with Crippen LogP contribution >= 0.6 is 0 Å². The number of hydrogen-bond donors (Lipinski definition) is 1. The highest BCUT2D eigenvalue weighted by atomic mass is 16.5. The van der Waals surface area contributed by atoms with Gasteiger partial charge >= 0.3 is 0 Å². The minimum absolute atomic E-state index is 0.0187. The smallest absolute Gasteiger partial charge is 0.277 e. The Balaban J connectivity index is 1.47. The largest absolute Gasteiger partial charge is 0.484 e. The van der Waals surface area contributed by atoms with Crippen molar-refractivity contribution in [3.05, 3.63) is 42.5 Å². The Kier molecular flexibility index (Phi) is 8.35. The van der Waals surface area contributed by atoms with Gasteiger partial charge < -0.3 is 4.74 Å². The standard InChI is InChI=1S/C24H32N2O2/c27-24(19-28-23-17-16-20-12-10-11-13-21(20)18-23)26-25-22-14-8-6-4-2-1-3-5-7-9-15-22/h10-13,16-18H,1-9,14-15,19H2,(H,26,27). The zero-order valence-corrected chi connectivity index (χ0v) is 16.8. The van der Waals surface area contributed by atoms with Gasteiger partial charge in [-0.15, -0.1) is 0 Å². The van der Waals surface area contributed by atoms with Crippen molar-refractivity contribution < 1.29 is 9.53 Å². The van der Waals surface area contributed by atoms with Crippen molar-refractivity contribution in [2.45, 2.75) is 70.6 Å². The first-order valence-electron chi connectivity index (χ1n) is 10.8. The van der Waals surface area contributed by atoms with Gasteiger partial charge in [-0.25, -0.2) is 5.43 Å². The molecular formula is C24H32N2O2. The van der Waals surface area contributed by atoms with E-state index < -0.39 is 0 Å². The molecule has 28 heavy (non-hydrogen) atoms. The molecule has 0 radical (unpaired) electrons. The number of fused-ring (bicyclic) bond motifs is 1. The Labute approximate surface area is 168 Å². The molecular weight excluding hydrogens is 348 g/mol. The van der Waals surface area contributed by atoms with Gasteiger partial charge in [0.1, 0.15) is 5.75 Å². The van der Waals surface area contributed by atoms with E-state index in [2.05, 4.69) is 16.6 Å². The van der Waals surface area contributed by atoms with Crippen molar-refractivity contribution in [1.29, 1.82) is 0 Å². The Morgan fingerprint density at radius 2 is 1.43 bits per heavy atom. The van der Waals surface area contributed by atoms with Gasteiger partial charge in [-0.05, 0) is 48.6 Å². The van der Waals surface area contributed by atoms with Crippen molar-refractivity contribution in [3.8, 4) is 5.75 Å². The van der Waals surface area contributed by atoms with Gasteiger partial charge in [0.15, 0.2) is 6.61 Å². The predicted octanol–water partition coefficient (Wildman–Crippen LogP) is 6.00. The number of benzene rings is 2. The van der Waals surface area contributed by atoms with Gasteiger partial charge in [0.25, 0.3) is 5.91 Å². The van der Waals surface area contributed by atoms with Crippen LogP contribution in [0.25, 0.3) is 10.8 Å². The Morgan fingerprint density at radius 3 is 2.11 bits per heavy atom. The zero-order chi connectivity index (χ0) is 19.4. The van der Waals surface area contributed by atoms with Crippen molar-refractivity contribution in [1.82, 2.24) is 5.43 Å². The van der Waals surface area contributed by atoms with Crippen LogP contribution in [-0.4, -0.2) is 18.2 Å². The molecule has 1 N–H and O–H groups in total. The molecule has 0 aromatic heterocycles. The van der Waals surface area contributed by atoms with Gasteiger partial charge in [-0.1, -0.05) is 75.3 Å². The summed E-state index contributed by atoms with van der Waals surface area (Å²) in [5.41, 5.74) is 3.82. The van der Waals surface area contributed by atoms with E-state index in [-0.39, 0.29) is 12.5 Å². The fraction of sp³-hybridized carbons (Fsp3) is 0.500. The summed E-state index contributed by atoms with van der Waals surface area (Å²) in [6, 6.07) is 14.0. The van der Waals surface area contributed by atoms with Crippen LogP contribution in [0.5, 0.6) is 5.75 Å². The lowest BCUT2D eigenvalue weighted by molar-refractivity contribution is -0.123. The van der Waals surface area contributed by atoms with E-state index in [0.717, 1.165) is 29.3 Å². The molecule has 0 heterocycles. The number of hydrazone groups is 1. The second-order valence-electron chi connectivity index (χ2n) is 7.69. The van der Waals surface area contributed by atoms with E-state index >= 15 is 0 Å². The summed E-state index contributed by atoms with van der Waals surface area (Å²) in [6.07, 6.45) is 13.6. The number of ether oxygens (including phenoxy) is 1. The third-order valence-electron chi connectivity index (χ3n) is 5.36. The Hall–Kier alpha value is -2.36. The van der Waals surface area contributed by atoms with Gasteiger partial charge in [-0.2, -0.15) is 5.10 Å². The van der Waals surface area contributed by atoms with E-state index in [1.54, 1.807) is 0 Å². The van der Waals surface area contributed by atoms with Crippen LogP contribution in [0.15, 0.2) is 47.6 Å². The first kappa shape index (κ1) is 20.4. The number of amides is 1. The lowest BCUT2D eigenvalue weighted by Gasteiger charge is -2.10. The molecule has 0 spiro atoms.